The van der Waals surface area contributed by atoms with Gasteiger partial charge in [-0.2, -0.15) is 4.98 Å². The normalized spacial score (nSPS) is 16.1. The van der Waals surface area contributed by atoms with Crippen LogP contribution in [0.15, 0.2) is 10.9 Å². The van der Waals surface area contributed by atoms with E-state index in [1.165, 1.54) is 12.8 Å². The van der Waals surface area contributed by atoms with Crippen LogP contribution in [0, 0.1) is 6.92 Å². The van der Waals surface area contributed by atoms with Crippen molar-refractivity contribution in [1.29, 1.82) is 0 Å². The number of aromatic amines is 1. The largest absolute Gasteiger partial charge is 0.345 e. The van der Waals surface area contributed by atoms with Gasteiger partial charge in [-0.25, -0.2) is 4.79 Å². The molecule has 1 aromatic heterocycles. The Morgan fingerprint density at radius 3 is 3.08 bits per heavy atom. The lowest BCUT2D eigenvalue weighted by Crippen LogP contribution is -2.20. The number of hydrogen-bond acceptors (Lipinski definition) is 3. The van der Waals surface area contributed by atoms with Gasteiger partial charge in [-0.05, 0) is 25.8 Å². The summed E-state index contributed by atoms with van der Waals surface area (Å²) in [5, 5.41) is 3.31. The lowest BCUT2D eigenvalue weighted by Gasteiger charge is -2.01. The maximum absolute atomic E-state index is 11.0. The summed E-state index contributed by atoms with van der Waals surface area (Å²) in [4.78, 5) is 17.5. The minimum absolute atomic E-state index is 0.257. The van der Waals surface area contributed by atoms with Gasteiger partial charge in [0.15, 0.2) is 0 Å². The Bertz CT molecular complexity index is 354. The Hall–Kier alpha value is -1.16. The fourth-order valence-corrected chi connectivity index (χ4v) is 1.27. The molecule has 0 unspecified atom stereocenters. The quantitative estimate of drug-likeness (QED) is 0.703. The molecule has 0 saturated heterocycles. The van der Waals surface area contributed by atoms with E-state index in [1.807, 2.05) is 13.0 Å². The molecule has 2 rings (SSSR count). The van der Waals surface area contributed by atoms with Crippen molar-refractivity contribution in [2.45, 2.75) is 32.4 Å². The standard InChI is InChI=1S/C9H13N3O/c1-6-4-8(12-9(13)11-6)5-10-7-2-3-7/h4,7,10H,2-3,5H2,1H3,(H,11,12,13). The molecule has 4 heteroatoms. The van der Waals surface area contributed by atoms with Crippen LogP contribution in [0.2, 0.25) is 0 Å². The van der Waals surface area contributed by atoms with Crippen LogP contribution in [0.1, 0.15) is 24.2 Å². The van der Waals surface area contributed by atoms with Crippen LogP contribution >= 0.6 is 0 Å². The Labute approximate surface area is 76.4 Å². The molecule has 1 fully saturated rings. The predicted molar refractivity (Wildman–Crippen MR) is 49.5 cm³/mol. The maximum atomic E-state index is 11.0. The fraction of sp³-hybridized carbons (Fsp3) is 0.556. The first-order valence-corrected chi connectivity index (χ1v) is 4.54. The third kappa shape index (κ3) is 2.39. The second-order valence-corrected chi connectivity index (χ2v) is 3.52. The van der Waals surface area contributed by atoms with Gasteiger partial charge in [-0.1, -0.05) is 0 Å². The molecule has 0 radical (unpaired) electrons. The smallest absolute Gasteiger partial charge is 0.310 e. The number of nitrogens with zero attached hydrogens (tertiary/aromatic N) is 1. The van der Waals surface area contributed by atoms with Crippen LogP contribution in [0.4, 0.5) is 0 Å². The summed E-state index contributed by atoms with van der Waals surface area (Å²) in [6.45, 7) is 2.57. The minimum atomic E-state index is -0.257. The van der Waals surface area contributed by atoms with Crippen LogP contribution in [0.25, 0.3) is 0 Å². The van der Waals surface area contributed by atoms with Crippen molar-refractivity contribution in [3.63, 3.8) is 0 Å². The van der Waals surface area contributed by atoms with Gasteiger partial charge in [0.05, 0.1) is 5.69 Å². The van der Waals surface area contributed by atoms with Gasteiger partial charge in [0.2, 0.25) is 0 Å². The summed E-state index contributed by atoms with van der Waals surface area (Å²) < 4.78 is 0. The van der Waals surface area contributed by atoms with Crippen LogP contribution < -0.4 is 11.0 Å². The third-order valence-electron chi connectivity index (χ3n) is 2.08. The van der Waals surface area contributed by atoms with Gasteiger partial charge >= 0.3 is 5.69 Å². The van der Waals surface area contributed by atoms with Crippen molar-refractivity contribution in [2.24, 2.45) is 0 Å². The van der Waals surface area contributed by atoms with Crippen molar-refractivity contribution in [3.8, 4) is 0 Å². The highest BCUT2D eigenvalue weighted by Gasteiger charge is 2.20. The fourth-order valence-electron chi connectivity index (χ4n) is 1.27. The molecule has 1 aromatic rings. The SMILES string of the molecule is Cc1cc(CNC2CC2)nc(=O)[nH]1. The molecule has 70 valence electrons. The lowest BCUT2D eigenvalue weighted by atomic mass is 10.3. The lowest BCUT2D eigenvalue weighted by molar-refractivity contribution is 0.668. The van der Waals surface area contributed by atoms with Crippen LogP contribution in [-0.4, -0.2) is 16.0 Å². The van der Waals surface area contributed by atoms with Gasteiger partial charge < -0.3 is 10.3 Å². The number of nitrogens with one attached hydrogen (secondary N) is 2. The average Bonchev–Trinajstić information content (AvgIpc) is 2.81. The summed E-state index contributed by atoms with van der Waals surface area (Å²) in [6, 6.07) is 2.55. The predicted octanol–water partition coefficient (Wildman–Crippen LogP) is 0.330. The molecule has 0 atom stereocenters. The Balaban J connectivity index is 2.05. The third-order valence-corrected chi connectivity index (χ3v) is 2.08. The first kappa shape index (κ1) is 8.44. The van der Waals surface area contributed by atoms with E-state index in [0.717, 1.165) is 11.4 Å². The summed E-state index contributed by atoms with van der Waals surface area (Å²) >= 11 is 0. The molecule has 0 aliphatic heterocycles. The highest BCUT2D eigenvalue weighted by atomic mass is 16.1. The number of H-pyrrole nitrogens is 1. The number of rotatable bonds is 3. The first-order valence-electron chi connectivity index (χ1n) is 4.54. The topological polar surface area (TPSA) is 57.8 Å². The van der Waals surface area contributed by atoms with Gasteiger partial charge in [0.25, 0.3) is 0 Å². The molecule has 4 nitrogen and oxygen atoms in total. The molecule has 0 bridgehead atoms. The first-order chi connectivity index (χ1) is 6.24. The van der Waals surface area contributed by atoms with E-state index in [4.69, 9.17) is 0 Å². The summed E-state index contributed by atoms with van der Waals surface area (Å²) in [6.07, 6.45) is 2.50. The van der Waals surface area contributed by atoms with E-state index in [2.05, 4.69) is 15.3 Å². The van der Waals surface area contributed by atoms with Gasteiger partial charge in [0, 0.05) is 18.3 Å². The van der Waals surface area contributed by atoms with E-state index in [-0.39, 0.29) is 5.69 Å². The number of hydrogen-bond donors (Lipinski definition) is 2. The van der Waals surface area contributed by atoms with Crippen molar-refractivity contribution >= 4 is 0 Å². The highest BCUT2D eigenvalue weighted by molar-refractivity contribution is 5.06. The summed E-state index contributed by atoms with van der Waals surface area (Å²) in [5.74, 6) is 0. The molecule has 0 aromatic carbocycles. The second kappa shape index (κ2) is 3.30. The van der Waals surface area contributed by atoms with E-state index in [0.29, 0.717) is 12.6 Å². The molecule has 13 heavy (non-hydrogen) atoms. The van der Waals surface area contributed by atoms with Crippen molar-refractivity contribution in [2.75, 3.05) is 0 Å². The van der Waals surface area contributed by atoms with E-state index in [9.17, 15) is 4.79 Å². The van der Waals surface area contributed by atoms with Crippen LogP contribution in [0.5, 0.6) is 0 Å². The molecule has 0 spiro atoms. The second-order valence-electron chi connectivity index (χ2n) is 3.52. The number of aromatic nitrogens is 2. The molecule has 2 N–H and O–H groups in total. The Morgan fingerprint density at radius 2 is 2.46 bits per heavy atom. The van der Waals surface area contributed by atoms with E-state index >= 15 is 0 Å². The molecule has 1 heterocycles. The van der Waals surface area contributed by atoms with Crippen LogP contribution in [0.3, 0.4) is 0 Å². The Morgan fingerprint density at radius 1 is 1.69 bits per heavy atom. The summed E-state index contributed by atoms with van der Waals surface area (Å²) in [5.41, 5.74) is 1.44. The van der Waals surface area contributed by atoms with Crippen molar-refractivity contribution < 1.29 is 0 Å². The summed E-state index contributed by atoms with van der Waals surface area (Å²) in [7, 11) is 0. The average molecular weight is 179 g/mol. The van der Waals surface area contributed by atoms with Crippen molar-refractivity contribution in [1.82, 2.24) is 15.3 Å². The van der Waals surface area contributed by atoms with E-state index < -0.39 is 0 Å². The monoisotopic (exact) mass is 179 g/mol. The van der Waals surface area contributed by atoms with Gasteiger partial charge in [-0.15, -0.1) is 0 Å². The molecule has 0 amide bonds. The molecular weight excluding hydrogens is 166 g/mol. The molecule has 1 aliphatic rings. The molecular formula is C9H13N3O. The molecule has 1 saturated carbocycles. The van der Waals surface area contributed by atoms with Gasteiger partial charge in [-0.3, -0.25) is 0 Å². The van der Waals surface area contributed by atoms with Crippen LogP contribution in [-0.2, 0) is 6.54 Å². The van der Waals surface area contributed by atoms with Gasteiger partial charge in [0.1, 0.15) is 0 Å². The van der Waals surface area contributed by atoms with E-state index in [1.54, 1.807) is 0 Å². The zero-order valence-electron chi connectivity index (χ0n) is 7.63. The Kier molecular flexibility index (Phi) is 2.14. The minimum Gasteiger partial charge on any atom is -0.310 e. The zero-order chi connectivity index (χ0) is 9.26. The molecule has 1 aliphatic carbocycles. The maximum Gasteiger partial charge on any atom is 0.345 e. The zero-order valence-corrected chi connectivity index (χ0v) is 7.63. The number of aryl methyl sites for hydroxylation is 1. The highest BCUT2D eigenvalue weighted by Crippen LogP contribution is 2.18. The van der Waals surface area contributed by atoms with Crippen molar-refractivity contribution in [3.05, 3.63) is 27.9 Å².